The van der Waals surface area contributed by atoms with Gasteiger partial charge in [0.05, 0.1) is 17.5 Å². The van der Waals surface area contributed by atoms with Gasteiger partial charge >= 0.3 is 5.69 Å². The van der Waals surface area contributed by atoms with Gasteiger partial charge in [-0.1, -0.05) is 18.2 Å². The van der Waals surface area contributed by atoms with Crippen molar-refractivity contribution in [2.75, 3.05) is 31.1 Å². The first-order valence-corrected chi connectivity index (χ1v) is 11.6. The van der Waals surface area contributed by atoms with Gasteiger partial charge in [-0.2, -0.15) is 0 Å². The molecule has 1 unspecified atom stereocenters. The van der Waals surface area contributed by atoms with E-state index in [-0.39, 0.29) is 29.2 Å². The number of nitrogens with zero attached hydrogens (tertiary/aromatic N) is 3. The van der Waals surface area contributed by atoms with Crippen LogP contribution in [-0.4, -0.2) is 47.4 Å². The van der Waals surface area contributed by atoms with Gasteiger partial charge in [0.25, 0.3) is 5.56 Å². The standard InChI is InChI=1S/C24H32N4O4/c1-3-27-23(30)21(17(2)28(24(27)31)19-8-5-4-6-9-19)26-13-11-18(12-14-26)22(29)25-16-20-10-7-15-32-20/h4-6,8-9,18,20H,3,7,10-16H2,1-2H3,(H,25,29). The number of amides is 1. The molecule has 2 fully saturated rings. The van der Waals surface area contributed by atoms with Crippen LogP contribution in [0.4, 0.5) is 5.69 Å². The van der Waals surface area contributed by atoms with Crippen molar-refractivity contribution in [2.45, 2.75) is 52.2 Å². The zero-order chi connectivity index (χ0) is 22.7. The van der Waals surface area contributed by atoms with Gasteiger partial charge in [0.2, 0.25) is 5.91 Å². The second-order valence-electron chi connectivity index (χ2n) is 8.58. The zero-order valence-corrected chi connectivity index (χ0v) is 18.9. The molecular formula is C24H32N4O4. The third-order valence-electron chi connectivity index (χ3n) is 6.59. The highest BCUT2D eigenvalue weighted by molar-refractivity contribution is 5.79. The first-order valence-electron chi connectivity index (χ1n) is 11.6. The molecule has 2 aliphatic heterocycles. The molecule has 8 nitrogen and oxygen atoms in total. The van der Waals surface area contributed by atoms with Gasteiger partial charge in [-0.05, 0) is 51.7 Å². The fourth-order valence-electron chi connectivity index (χ4n) is 4.79. The van der Waals surface area contributed by atoms with E-state index in [1.54, 1.807) is 4.57 Å². The van der Waals surface area contributed by atoms with E-state index in [0.717, 1.165) is 25.1 Å². The molecule has 4 rings (SSSR count). The fourth-order valence-corrected chi connectivity index (χ4v) is 4.79. The molecular weight excluding hydrogens is 408 g/mol. The van der Waals surface area contributed by atoms with Crippen LogP contribution < -0.4 is 21.5 Å². The molecule has 2 aromatic rings. The van der Waals surface area contributed by atoms with E-state index in [9.17, 15) is 14.4 Å². The average Bonchev–Trinajstić information content (AvgIpc) is 3.33. The molecule has 1 N–H and O–H groups in total. The van der Waals surface area contributed by atoms with Crippen LogP contribution in [0, 0.1) is 12.8 Å². The van der Waals surface area contributed by atoms with Crippen molar-refractivity contribution in [2.24, 2.45) is 5.92 Å². The van der Waals surface area contributed by atoms with E-state index < -0.39 is 0 Å². The number of ether oxygens (including phenoxy) is 1. The summed E-state index contributed by atoms with van der Waals surface area (Å²) in [5.41, 5.74) is 1.34. The highest BCUT2D eigenvalue weighted by Gasteiger charge is 2.29. The third kappa shape index (κ3) is 4.37. The summed E-state index contributed by atoms with van der Waals surface area (Å²) in [4.78, 5) is 40.9. The number of carbonyl (C=O) groups excluding carboxylic acids is 1. The molecule has 0 bridgehead atoms. The molecule has 1 amide bonds. The van der Waals surface area contributed by atoms with Crippen LogP contribution in [0.25, 0.3) is 5.69 Å². The van der Waals surface area contributed by atoms with Crippen molar-refractivity contribution in [3.63, 3.8) is 0 Å². The van der Waals surface area contributed by atoms with E-state index in [0.29, 0.717) is 50.4 Å². The number of benzene rings is 1. The Balaban J connectivity index is 1.53. The Morgan fingerprint density at radius 2 is 1.84 bits per heavy atom. The Kier molecular flexibility index (Phi) is 6.79. The lowest BCUT2D eigenvalue weighted by molar-refractivity contribution is -0.126. The third-order valence-corrected chi connectivity index (χ3v) is 6.59. The number of anilines is 1. The number of carbonyl (C=O) groups is 1. The lowest BCUT2D eigenvalue weighted by atomic mass is 9.95. The summed E-state index contributed by atoms with van der Waals surface area (Å²) in [5.74, 6) is -0.00140. The second-order valence-corrected chi connectivity index (χ2v) is 8.58. The van der Waals surface area contributed by atoms with Gasteiger partial charge < -0.3 is 15.0 Å². The van der Waals surface area contributed by atoms with Crippen LogP contribution in [0.15, 0.2) is 39.9 Å². The Bertz CT molecular complexity index is 1060. The van der Waals surface area contributed by atoms with Crippen molar-refractivity contribution in [3.8, 4) is 5.69 Å². The van der Waals surface area contributed by atoms with E-state index in [2.05, 4.69) is 5.32 Å². The van der Waals surface area contributed by atoms with Crippen LogP contribution in [0.3, 0.4) is 0 Å². The Hall–Kier alpha value is -2.87. The highest BCUT2D eigenvalue weighted by Crippen LogP contribution is 2.24. The summed E-state index contributed by atoms with van der Waals surface area (Å²) in [6.45, 7) is 6.49. The van der Waals surface area contributed by atoms with Crippen molar-refractivity contribution in [1.29, 1.82) is 0 Å². The van der Waals surface area contributed by atoms with E-state index >= 15 is 0 Å². The number of aromatic nitrogens is 2. The SMILES string of the molecule is CCn1c(=O)c(N2CCC(C(=O)NCC3CCCO3)CC2)c(C)n(-c2ccccc2)c1=O. The Labute approximate surface area is 187 Å². The summed E-state index contributed by atoms with van der Waals surface area (Å²) in [7, 11) is 0. The van der Waals surface area contributed by atoms with Crippen molar-refractivity contribution >= 4 is 11.6 Å². The predicted molar refractivity (Wildman–Crippen MR) is 124 cm³/mol. The normalized spacial score (nSPS) is 19.3. The molecule has 0 aliphatic carbocycles. The summed E-state index contributed by atoms with van der Waals surface area (Å²) in [6.07, 6.45) is 3.53. The lowest BCUT2D eigenvalue weighted by Gasteiger charge is -2.34. The van der Waals surface area contributed by atoms with Crippen LogP contribution in [0.5, 0.6) is 0 Å². The van der Waals surface area contributed by atoms with Crippen LogP contribution in [-0.2, 0) is 16.1 Å². The largest absolute Gasteiger partial charge is 0.376 e. The molecule has 0 spiro atoms. The van der Waals surface area contributed by atoms with Crippen LogP contribution in [0.1, 0.15) is 38.3 Å². The summed E-state index contributed by atoms with van der Waals surface area (Å²) >= 11 is 0. The van der Waals surface area contributed by atoms with Crippen LogP contribution in [0.2, 0.25) is 0 Å². The number of hydrogen-bond acceptors (Lipinski definition) is 5. The van der Waals surface area contributed by atoms with Gasteiger partial charge in [-0.15, -0.1) is 0 Å². The molecule has 0 saturated carbocycles. The van der Waals surface area contributed by atoms with E-state index in [1.807, 2.05) is 49.1 Å². The molecule has 2 saturated heterocycles. The number of rotatable bonds is 6. The van der Waals surface area contributed by atoms with Gasteiger partial charge in [-0.25, -0.2) is 4.79 Å². The van der Waals surface area contributed by atoms with Crippen LogP contribution >= 0.6 is 0 Å². The van der Waals surface area contributed by atoms with Crippen molar-refractivity contribution < 1.29 is 9.53 Å². The van der Waals surface area contributed by atoms with Gasteiger partial charge in [0.1, 0.15) is 5.69 Å². The summed E-state index contributed by atoms with van der Waals surface area (Å²) < 4.78 is 8.48. The molecule has 172 valence electrons. The topological polar surface area (TPSA) is 85.6 Å². The van der Waals surface area contributed by atoms with E-state index in [4.69, 9.17) is 4.74 Å². The number of piperidine rings is 1. The Morgan fingerprint density at radius 3 is 2.47 bits per heavy atom. The molecule has 2 aliphatic rings. The number of para-hydroxylation sites is 1. The first kappa shape index (κ1) is 22.3. The molecule has 3 heterocycles. The smallest absolute Gasteiger partial charge is 0.335 e. The summed E-state index contributed by atoms with van der Waals surface area (Å²) in [6, 6.07) is 9.39. The maximum absolute atomic E-state index is 13.2. The molecule has 0 radical (unpaired) electrons. The number of nitrogens with one attached hydrogen (secondary N) is 1. The van der Waals surface area contributed by atoms with Crippen molar-refractivity contribution in [1.82, 2.24) is 14.5 Å². The average molecular weight is 441 g/mol. The first-order chi connectivity index (χ1) is 15.5. The lowest BCUT2D eigenvalue weighted by Crippen LogP contribution is -2.47. The fraction of sp³-hybridized carbons (Fsp3) is 0.542. The van der Waals surface area contributed by atoms with Gasteiger partial charge in [0.15, 0.2) is 0 Å². The minimum absolute atomic E-state index is 0.0668. The van der Waals surface area contributed by atoms with Crippen molar-refractivity contribution in [3.05, 3.63) is 56.9 Å². The van der Waals surface area contributed by atoms with Gasteiger partial charge in [-0.3, -0.25) is 18.7 Å². The number of hydrogen-bond donors (Lipinski definition) is 1. The minimum Gasteiger partial charge on any atom is -0.376 e. The monoisotopic (exact) mass is 440 g/mol. The highest BCUT2D eigenvalue weighted by atomic mass is 16.5. The minimum atomic E-state index is -0.326. The molecule has 1 aromatic carbocycles. The quantitative estimate of drug-likeness (QED) is 0.741. The zero-order valence-electron chi connectivity index (χ0n) is 18.9. The predicted octanol–water partition coefficient (Wildman–Crippen LogP) is 1.84. The molecule has 1 aromatic heterocycles. The Morgan fingerprint density at radius 1 is 1.12 bits per heavy atom. The van der Waals surface area contributed by atoms with E-state index in [1.165, 1.54) is 4.57 Å². The molecule has 8 heteroatoms. The second kappa shape index (κ2) is 9.73. The summed E-state index contributed by atoms with van der Waals surface area (Å²) in [5, 5.41) is 3.03. The molecule has 32 heavy (non-hydrogen) atoms. The molecule has 1 atom stereocenters. The maximum Gasteiger partial charge on any atom is 0.335 e. The maximum atomic E-state index is 13.2. The van der Waals surface area contributed by atoms with Gasteiger partial charge in [0, 0.05) is 38.7 Å².